The molecule has 1 fully saturated rings. The Balaban J connectivity index is 2.70. The maximum absolute atomic E-state index is 11.0. The van der Waals surface area contributed by atoms with Gasteiger partial charge in [-0.2, -0.15) is 0 Å². The molecule has 1 amide bonds. The molecule has 6 heteroatoms. The van der Waals surface area contributed by atoms with Crippen LogP contribution in [0.1, 0.15) is 27.2 Å². The van der Waals surface area contributed by atoms with Gasteiger partial charge in [-0.25, -0.2) is 4.79 Å². The summed E-state index contributed by atoms with van der Waals surface area (Å²) in [5.41, 5.74) is 0. The molecular weight excluding hydrogens is 250 g/mol. The van der Waals surface area contributed by atoms with Crippen molar-refractivity contribution in [3.8, 4) is 0 Å². The number of nitrogens with zero attached hydrogens (tertiary/aromatic N) is 1. The molecule has 1 heterocycles. The van der Waals surface area contributed by atoms with Crippen LogP contribution in [0.5, 0.6) is 0 Å². The van der Waals surface area contributed by atoms with Crippen LogP contribution in [-0.2, 0) is 4.43 Å². The predicted molar refractivity (Wildman–Crippen MR) is 72.3 cm³/mol. The number of aliphatic hydroxyl groups excluding tert-OH is 1. The van der Waals surface area contributed by atoms with E-state index < -0.39 is 20.5 Å². The summed E-state index contributed by atoms with van der Waals surface area (Å²) in [6.45, 7) is 11.3. The average Bonchev–Trinajstić information content (AvgIpc) is 2.13. The summed E-state index contributed by atoms with van der Waals surface area (Å²) >= 11 is 0. The van der Waals surface area contributed by atoms with Crippen molar-refractivity contribution in [3.63, 3.8) is 0 Å². The number of carboxylic acid groups (broad SMARTS) is 1. The number of likely N-dealkylation sites (tertiary alicyclic amines) is 1. The van der Waals surface area contributed by atoms with Gasteiger partial charge in [0.2, 0.25) is 0 Å². The fraction of sp³-hybridized carbons (Fsp3) is 0.917. The monoisotopic (exact) mass is 275 g/mol. The van der Waals surface area contributed by atoms with Gasteiger partial charge in [0.05, 0.1) is 18.8 Å². The molecule has 0 aromatic rings. The molecule has 1 rings (SSSR count). The number of piperidine rings is 1. The van der Waals surface area contributed by atoms with Crippen molar-refractivity contribution < 1.29 is 19.4 Å². The smallest absolute Gasteiger partial charge is 0.407 e. The molecule has 0 bridgehead atoms. The molecule has 2 N–H and O–H groups in total. The largest absolute Gasteiger partial charge is 0.465 e. The lowest BCUT2D eigenvalue weighted by Gasteiger charge is -2.42. The number of rotatable bonds is 2. The van der Waals surface area contributed by atoms with E-state index in [4.69, 9.17) is 9.53 Å². The Morgan fingerprint density at radius 1 is 1.33 bits per heavy atom. The second kappa shape index (κ2) is 5.18. The van der Waals surface area contributed by atoms with Gasteiger partial charge >= 0.3 is 6.09 Å². The van der Waals surface area contributed by atoms with Crippen molar-refractivity contribution in [2.45, 2.75) is 57.5 Å². The summed E-state index contributed by atoms with van der Waals surface area (Å²) in [4.78, 5) is 12.2. The first kappa shape index (κ1) is 15.5. The Morgan fingerprint density at radius 2 is 1.89 bits per heavy atom. The van der Waals surface area contributed by atoms with E-state index in [0.29, 0.717) is 13.0 Å². The standard InChI is InChI=1S/C12H25NO4Si/c1-12(2,3)18(4,5)17-10-6-9(14)7-13(8-10)11(15)16/h9-10,14H,6-8H2,1-5H3,(H,15,16)/t9-,10-/m1/s1. The second-order valence-electron chi connectivity index (χ2n) is 6.58. The molecule has 5 nitrogen and oxygen atoms in total. The van der Waals surface area contributed by atoms with Crippen LogP contribution >= 0.6 is 0 Å². The van der Waals surface area contributed by atoms with E-state index in [0.717, 1.165) is 0 Å². The molecular formula is C12H25NO4Si. The first-order valence-electron chi connectivity index (χ1n) is 6.36. The number of carbonyl (C=O) groups is 1. The fourth-order valence-corrected chi connectivity index (χ4v) is 3.22. The zero-order valence-electron chi connectivity index (χ0n) is 11.9. The van der Waals surface area contributed by atoms with Crippen molar-refractivity contribution in [2.24, 2.45) is 0 Å². The van der Waals surface area contributed by atoms with Crippen LogP contribution in [-0.4, -0.2) is 54.8 Å². The Kier molecular flexibility index (Phi) is 4.45. The minimum atomic E-state index is -1.92. The average molecular weight is 275 g/mol. The van der Waals surface area contributed by atoms with Crippen LogP contribution in [0.3, 0.4) is 0 Å². The van der Waals surface area contributed by atoms with Crippen LogP contribution in [0, 0.1) is 0 Å². The predicted octanol–water partition coefficient (Wildman–Crippen LogP) is 2.12. The third kappa shape index (κ3) is 3.70. The van der Waals surface area contributed by atoms with Crippen LogP contribution in [0.2, 0.25) is 18.1 Å². The van der Waals surface area contributed by atoms with Crippen LogP contribution < -0.4 is 0 Å². The lowest BCUT2D eigenvalue weighted by Crippen LogP contribution is -2.53. The molecule has 1 aliphatic rings. The van der Waals surface area contributed by atoms with E-state index in [1.165, 1.54) is 4.90 Å². The maximum Gasteiger partial charge on any atom is 0.407 e. The Hall–Kier alpha value is -0.593. The molecule has 0 radical (unpaired) electrons. The zero-order valence-corrected chi connectivity index (χ0v) is 12.9. The molecule has 106 valence electrons. The highest BCUT2D eigenvalue weighted by molar-refractivity contribution is 6.74. The summed E-state index contributed by atoms with van der Waals surface area (Å²) in [5, 5.41) is 18.8. The molecule has 0 aliphatic carbocycles. The van der Waals surface area contributed by atoms with Gasteiger partial charge in [-0.1, -0.05) is 20.8 Å². The van der Waals surface area contributed by atoms with Crippen LogP contribution in [0.25, 0.3) is 0 Å². The normalized spacial score (nSPS) is 26.2. The molecule has 0 unspecified atom stereocenters. The van der Waals surface area contributed by atoms with E-state index in [9.17, 15) is 9.90 Å². The molecule has 0 spiro atoms. The maximum atomic E-state index is 11.0. The van der Waals surface area contributed by atoms with Crippen molar-refractivity contribution in [1.29, 1.82) is 0 Å². The lowest BCUT2D eigenvalue weighted by molar-refractivity contribution is 0.00249. The van der Waals surface area contributed by atoms with Crippen LogP contribution in [0.4, 0.5) is 4.79 Å². The minimum absolute atomic E-state index is 0.0868. The number of hydrogen-bond acceptors (Lipinski definition) is 3. The number of amides is 1. The topological polar surface area (TPSA) is 70.0 Å². The van der Waals surface area contributed by atoms with E-state index >= 15 is 0 Å². The van der Waals surface area contributed by atoms with Crippen molar-refractivity contribution in [3.05, 3.63) is 0 Å². The van der Waals surface area contributed by atoms with Gasteiger partial charge in [0.15, 0.2) is 8.32 Å². The van der Waals surface area contributed by atoms with Gasteiger partial charge in [-0.05, 0) is 18.1 Å². The highest BCUT2D eigenvalue weighted by Gasteiger charge is 2.41. The summed E-state index contributed by atoms with van der Waals surface area (Å²) in [5.74, 6) is 0. The molecule has 0 aromatic heterocycles. The Bertz CT molecular complexity index is 314. The number of β-amino-alcohol motifs (C(OH)–C–C–N with tert-alkyl or cyclic N) is 1. The molecule has 0 aromatic carbocycles. The molecule has 2 atom stereocenters. The molecule has 1 saturated heterocycles. The van der Waals surface area contributed by atoms with E-state index in [1.54, 1.807) is 0 Å². The van der Waals surface area contributed by atoms with Crippen molar-refractivity contribution >= 4 is 14.4 Å². The lowest BCUT2D eigenvalue weighted by atomic mass is 10.1. The van der Waals surface area contributed by atoms with Gasteiger partial charge in [-0.3, -0.25) is 0 Å². The van der Waals surface area contributed by atoms with Crippen molar-refractivity contribution in [2.75, 3.05) is 13.1 Å². The Morgan fingerprint density at radius 3 is 2.33 bits per heavy atom. The van der Waals surface area contributed by atoms with Gasteiger partial charge in [0.1, 0.15) is 0 Å². The van der Waals surface area contributed by atoms with Gasteiger partial charge in [-0.15, -0.1) is 0 Å². The van der Waals surface area contributed by atoms with Gasteiger partial charge in [0, 0.05) is 13.0 Å². The third-order valence-electron chi connectivity index (χ3n) is 3.93. The SMILES string of the molecule is CC(C)(C)[Si](C)(C)O[C@@H]1C[C@@H](O)CN(C(=O)O)C1. The molecule has 1 aliphatic heterocycles. The third-order valence-corrected chi connectivity index (χ3v) is 8.46. The highest BCUT2D eigenvalue weighted by Crippen LogP contribution is 2.38. The summed E-state index contributed by atoms with van der Waals surface area (Å²) in [6, 6.07) is 0. The second-order valence-corrected chi connectivity index (χ2v) is 11.3. The van der Waals surface area contributed by atoms with Gasteiger partial charge in [0.25, 0.3) is 0 Å². The zero-order chi connectivity index (χ0) is 14.1. The van der Waals surface area contributed by atoms with E-state index in [1.807, 2.05) is 0 Å². The molecule has 0 saturated carbocycles. The fourth-order valence-electron chi connectivity index (χ4n) is 1.86. The first-order chi connectivity index (χ1) is 8.03. The first-order valence-corrected chi connectivity index (χ1v) is 9.27. The summed E-state index contributed by atoms with van der Waals surface area (Å²) in [6.07, 6.45) is -1.27. The number of aliphatic hydroxyl groups is 1. The quantitative estimate of drug-likeness (QED) is 0.757. The van der Waals surface area contributed by atoms with Crippen molar-refractivity contribution in [1.82, 2.24) is 4.90 Å². The van der Waals surface area contributed by atoms with Crippen LogP contribution in [0.15, 0.2) is 0 Å². The van der Waals surface area contributed by atoms with E-state index in [-0.39, 0.29) is 17.7 Å². The molecule has 18 heavy (non-hydrogen) atoms. The minimum Gasteiger partial charge on any atom is -0.465 e. The summed E-state index contributed by atoms with van der Waals surface area (Å²) < 4.78 is 6.17. The highest BCUT2D eigenvalue weighted by atomic mass is 28.4. The summed E-state index contributed by atoms with van der Waals surface area (Å²) in [7, 11) is -1.92. The number of hydrogen-bond donors (Lipinski definition) is 2. The van der Waals surface area contributed by atoms with Gasteiger partial charge < -0.3 is 19.5 Å². The van der Waals surface area contributed by atoms with E-state index in [2.05, 4.69) is 33.9 Å². The Labute approximate surface area is 110 Å².